The molecule has 2 rings (SSSR count). The summed E-state index contributed by atoms with van der Waals surface area (Å²) in [6, 6.07) is 3.63. The van der Waals surface area contributed by atoms with E-state index in [-0.39, 0.29) is 23.3 Å². The molecule has 1 aliphatic rings. The largest absolute Gasteiger partial charge is 0.433 e. The molecule has 0 saturated carbocycles. The standard InChI is InChI=1S/C33H52O10P2/c1-13-14-15-16-26-20-29(40-44(11,36)42-32(7,8)38-24(5)34)31(28-19-23(4)17-18-27(28)22(2)3)30(21-26)41-45(12,37)43-33(9,10)39-25(6)35/h19-21,27-28H,2,13-18H2,1,3-12H3. The van der Waals surface area contributed by atoms with Crippen molar-refractivity contribution in [2.75, 3.05) is 13.3 Å². The van der Waals surface area contributed by atoms with Crippen LogP contribution >= 0.6 is 15.2 Å². The highest BCUT2D eigenvalue weighted by Gasteiger charge is 2.39. The molecule has 0 aromatic heterocycles. The Labute approximate surface area is 269 Å². The van der Waals surface area contributed by atoms with Gasteiger partial charge in [0.1, 0.15) is 11.5 Å². The number of ether oxygens (including phenoxy) is 2. The lowest BCUT2D eigenvalue weighted by atomic mass is 9.73. The molecule has 0 amide bonds. The van der Waals surface area contributed by atoms with Crippen LogP contribution in [0.15, 0.2) is 35.9 Å². The molecule has 0 radical (unpaired) electrons. The molecule has 0 heterocycles. The Morgan fingerprint density at radius 3 is 1.76 bits per heavy atom. The third-order valence-electron chi connectivity index (χ3n) is 7.03. The molecule has 10 nitrogen and oxygen atoms in total. The number of unbranched alkanes of at least 4 members (excludes halogenated alkanes) is 2. The first kappa shape index (κ1) is 38.8. The summed E-state index contributed by atoms with van der Waals surface area (Å²) in [7, 11) is -7.87. The van der Waals surface area contributed by atoms with Gasteiger partial charge in [0, 0.05) is 53.0 Å². The second-order valence-corrected chi connectivity index (χ2v) is 16.7. The van der Waals surface area contributed by atoms with Gasteiger partial charge in [0.25, 0.3) is 0 Å². The van der Waals surface area contributed by atoms with E-state index in [4.69, 9.17) is 27.6 Å². The van der Waals surface area contributed by atoms with Crippen LogP contribution in [0.25, 0.3) is 0 Å². The van der Waals surface area contributed by atoms with Gasteiger partial charge < -0.3 is 18.5 Å². The molecule has 0 fully saturated rings. The lowest BCUT2D eigenvalue weighted by Gasteiger charge is -2.35. The Morgan fingerprint density at radius 1 is 0.889 bits per heavy atom. The summed E-state index contributed by atoms with van der Waals surface area (Å²) >= 11 is 0. The number of carbonyl (C=O) groups excluding carboxylic acids is 2. The maximum absolute atomic E-state index is 13.9. The molecule has 0 spiro atoms. The molecule has 4 unspecified atom stereocenters. The quantitative estimate of drug-likeness (QED) is 0.0552. The minimum absolute atomic E-state index is 0.0337. The van der Waals surface area contributed by atoms with E-state index in [0.717, 1.165) is 48.8 Å². The molecule has 45 heavy (non-hydrogen) atoms. The van der Waals surface area contributed by atoms with Crippen molar-refractivity contribution in [3.63, 3.8) is 0 Å². The van der Waals surface area contributed by atoms with Crippen molar-refractivity contribution in [2.24, 2.45) is 5.92 Å². The summed E-state index contributed by atoms with van der Waals surface area (Å²) < 4.78 is 62.2. The van der Waals surface area contributed by atoms with Crippen LogP contribution in [-0.4, -0.2) is 36.8 Å². The first-order chi connectivity index (χ1) is 20.6. The number of carbonyl (C=O) groups is 2. The molecule has 0 bridgehead atoms. The number of aryl methyl sites for hydroxylation is 1. The average Bonchev–Trinajstić information content (AvgIpc) is 2.80. The van der Waals surface area contributed by atoms with Crippen LogP contribution in [0.2, 0.25) is 0 Å². The van der Waals surface area contributed by atoms with Gasteiger partial charge in [-0.05, 0) is 63.1 Å². The monoisotopic (exact) mass is 670 g/mol. The summed E-state index contributed by atoms with van der Waals surface area (Å²) in [5.41, 5.74) is 3.39. The molecule has 0 N–H and O–H groups in total. The third-order valence-corrected chi connectivity index (χ3v) is 9.62. The highest BCUT2D eigenvalue weighted by Crippen LogP contribution is 2.57. The van der Waals surface area contributed by atoms with E-state index in [1.165, 1.54) is 54.9 Å². The van der Waals surface area contributed by atoms with Crippen LogP contribution in [0.5, 0.6) is 11.5 Å². The van der Waals surface area contributed by atoms with Gasteiger partial charge in [0.2, 0.25) is 11.6 Å². The number of esters is 2. The second kappa shape index (κ2) is 15.5. The van der Waals surface area contributed by atoms with Gasteiger partial charge >= 0.3 is 27.1 Å². The average molecular weight is 671 g/mol. The normalized spacial score (nSPS) is 19.8. The van der Waals surface area contributed by atoms with E-state index >= 15 is 0 Å². The maximum Gasteiger partial charge on any atom is 0.379 e. The van der Waals surface area contributed by atoms with Crippen molar-refractivity contribution in [2.45, 2.75) is 118 Å². The second-order valence-electron chi connectivity index (χ2n) is 12.9. The van der Waals surface area contributed by atoms with E-state index in [1.54, 1.807) is 0 Å². The number of hydrogen-bond acceptors (Lipinski definition) is 10. The Kier molecular flexibility index (Phi) is 13.3. The summed E-state index contributed by atoms with van der Waals surface area (Å²) in [6.45, 7) is 21.3. The lowest BCUT2D eigenvalue weighted by Crippen LogP contribution is -2.30. The maximum atomic E-state index is 13.9. The van der Waals surface area contributed by atoms with E-state index in [1.807, 2.05) is 26.0 Å². The molecule has 254 valence electrons. The van der Waals surface area contributed by atoms with Crippen LogP contribution in [0.4, 0.5) is 0 Å². The fourth-order valence-electron chi connectivity index (χ4n) is 5.69. The first-order valence-corrected chi connectivity index (χ1v) is 19.4. The Hall–Kier alpha value is -2.38. The van der Waals surface area contributed by atoms with Crippen molar-refractivity contribution in [1.82, 2.24) is 0 Å². The Bertz CT molecular complexity index is 1300. The summed E-state index contributed by atoms with van der Waals surface area (Å²) in [4.78, 5) is 23.3. The van der Waals surface area contributed by atoms with E-state index in [0.29, 0.717) is 12.0 Å². The first-order valence-electron chi connectivity index (χ1n) is 15.4. The molecule has 4 atom stereocenters. The zero-order valence-corrected chi connectivity index (χ0v) is 30.6. The summed E-state index contributed by atoms with van der Waals surface area (Å²) in [5.74, 6) is -4.19. The predicted molar refractivity (Wildman–Crippen MR) is 176 cm³/mol. The highest BCUT2D eigenvalue weighted by atomic mass is 31.2. The molecule has 1 aliphatic carbocycles. The third kappa shape index (κ3) is 12.7. The molecular formula is C33H52O10P2. The highest BCUT2D eigenvalue weighted by molar-refractivity contribution is 7.53. The Balaban J connectivity index is 2.81. The zero-order valence-electron chi connectivity index (χ0n) is 28.8. The molecule has 1 aromatic rings. The van der Waals surface area contributed by atoms with Crippen molar-refractivity contribution in [3.05, 3.63) is 47.1 Å². The summed E-state index contributed by atoms with van der Waals surface area (Å²) in [6.07, 6.45) is 7.27. The topological polar surface area (TPSA) is 124 Å². The van der Waals surface area contributed by atoms with Crippen LogP contribution < -0.4 is 9.05 Å². The van der Waals surface area contributed by atoms with E-state index in [2.05, 4.69) is 19.6 Å². The molecule has 0 aliphatic heterocycles. The fraction of sp³-hybridized carbons (Fsp3) is 0.636. The van der Waals surface area contributed by atoms with Gasteiger partial charge in [-0.2, -0.15) is 0 Å². The Morgan fingerprint density at radius 2 is 1.36 bits per heavy atom. The van der Waals surface area contributed by atoms with Crippen LogP contribution in [-0.2, 0) is 43.7 Å². The van der Waals surface area contributed by atoms with Crippen molar-refractivity contribution in [3.8, 4) is 11.5 Å². The number of benzene rings is 1. The SMILES string of the molecule is C=C(C)C1CCC(C)=CC1c1c(OP(C)(=O)OC(C)(C)OC(C)=O)cc(CCCCC)cc1OP(C)(=O)OC(C)(C)OC(C)=O. The predicted octanol–water partition coefficient (Wildman–Crippen LogP) is 9.47. The zero-order chi connectivity index (χ0) is 34.4. The number of rotatable bonds is 16. The van der Waals surface area contributed by atoms with Crippen LogP contribution in [0.3, 0.4) is 0 Å². The molecular weight excluding hydrogens is 618 g/mol. The van der Waals surface area contributed by atoms with Crippen molar-refractivity contribution < 1.29 is 46.3 Å². The number of hydrogen-bond donors (Lipinski definition) is 0. The van der Waals surface area contributed by atoms with Gasteiger partial charge in [-0.3, -0.25) is 18.6 Å². The van der Waals surface area contributed by atoms with Crippen molar-refractivity contribution in [1.29, 1.82) is 0 Å². The summed E-state index contributed by atoms with van der Waals surface area (Å²) in [5, 5.41) is 0. The van der Waals surface area contributed by atoms with Crippen molar-refractivity contribution >= 4 is 27.1 Å². The van der Waals surface area contributed by atoms with Gasteiger partial charge in [-0.1, -0.05) is 43.6 Å². The number of allylic oxidation sites excluding steroid dienone is 3. The van der Waals surface area contributed by atoms with Gasteiger partial charge in [-0.25, -0.2) is 9.13 Å². The van der Waals surface area contributed by atoms with Crippen LogP contribution in [0.1, 0.15) is 111 Å². The molecule has 12 heteroatoms. The van der Waals surface area contributed by atoms with E-state index in [9.17, 15) is 18.7 Å². The minimum Gasteiger partial charge on any atom is -0.433 e. The lowest BCUT2D eigenvalue weighted by molar-refractivity contribution is -0.186. The fourth-order valence-corrected chi connectivity index (χ4v) is 8.45. The molecule has 0 saturated heterocycles. The van der Waals surface area contributed by atoms with Gasteiger partial charge in [0.15, 0.2) is 0 Å². The van der Waals surface area contributed by atoms with Crippen LogP contribution in [0, 0.1) is 5.92 Å². The smallest absolute Gasteiger partial charge is 0.379 e. The van der Waals surface area contributed by atoms with Gasteiger partial charge in [0.05, 0.1) is 13.3 Å². The van der Waals surface area contributed by atoms with Gasteiger partial charge in [-0.15, -0.1) is 0 Å². The molecule has 1 aromatic carbocycles. The minimum atomic E-state index is -3.93. The van der Waals surface area contributed by atoms with E-state index < -0.39 is 38.7 Å².